The molecule has 18 heavy (non-hydrogen) atoms. The molecule has 2 aliphatic rings. The maximum atomic E-state index is 12.4. The van der Waals surface area contributed by atoms with Crippen molar-refractivity contribution in [3.8, 4) is 0 Å². The molecule has 2 fully saturated rings. The molecule has 2 heterocycles. The maximum Gasteiger partial charge on any atom is 0.239 e. The van der Waals surface area contributed by atoms with Crippen LogP contribution in [-0.2, 0) is 4.79 Å². The molecule has 2 aliphatic heterocycles. The second-order valence-corrected chi connectivity index (χ2v) is 5.44. The Balaban J connectivity index is 1.88. The number of piperazine rings is 1. The molecule has 2 unspecified atom stereocenters. The zero-order valence-corrected chi connectivity index (χ0v) is 11.3. The SMILES string of the molecule is CC(C(=O)N1CCCC(CO)C1)N1CCNCC1. The molecule has 0 radical (unpaired) electrons. The molecule has 0 aromatic heterocycles. The number of aliphatic hydroxyl groups is 1. The largest absolute Gasteiger partial charge is 0.396 e. The van der Waals surface area contributed by atoms with Crippen molar-refractivity contribution in [2.24, 2.45) is 5.92 Å². The first-order chi connectivity index (χ1) is 8.72. The second-order valence-electron chi connectivity index (χ2n) is 5.44. The minimum absolute atomic E-state index is 0.0236. The quantitative estimate of drug-likeness (QED) is 0.714. The van der Waals surface area contributed by atoms with Crippen LogP contribution in [-0.4, -0.2) is 72.7 Å². The number of amides is 1. The molecule has 2 rings (SSSR count). The molecular formula is C13H25N3O2. The van der Waals surface area contributed by atoms with Crippen LogP contribution < -0.4 is 5.32 Å². The van der Waals surface area contributed by atoms with Crippen LogP contribution in [0.5, 0.6) is 0 Å². The molecule has 5 heteroatoms. The fourth-order valence-electron chi connectivity index (χ4n) is 2.90. The Morgan fingerprint density at radius 3 is 2.78 bits per heavy atom. The summed E-state index contributed by atoms with van der Waals surface area (Å²) >= 11 is 0. The number of hydrogen-bond acceptors (Lipinski definition) is 4. The van der Waals surface area contributed by atoms with Gasteiger partial charge >= 0.3 is 0 Å². The number of piperidine rings is 1. The first-order valence-electron chi connectivity index (χ1n) is 7.06. The van der Waals surface area contributed by atoms with Crippen molar-refractivity contribution >= 4 is 5.91 Å². The van der Waals surface area contributed by atoms with Crippen molar-refractivity contribution in [2.75, 3.05) is 45.9 Å². The summed E-state index contributed by atoms with van der Waals surface area (Å²) in [6, 6.07) is -0.0236. The Hall–Kier alpha value is -0.650. The highest BCUT2D eigenvalue weighted by atomic mass is 16.3. The van der Waals surface area contributed by atoms with Crippen molar-refractivity contribution < 1.29 is 9.90 Å². The van der Waals surface area contributed by atoms with E-state index in [2.05, 4.69) is 10.2 Å². The topological polar surface area (TPSA) is 55.8 Å². The normalized spacial score (nSPS) is 28.1. The van der Waals surface area contributed by atoms with Gasteiger partial charge in [0.15, 0.2) is 0 Å². The van der Waals surface area contributed by atoms with E-state index in [1.54, 1.807) is 0 Å². The lowest BCUT2D eigenvalue weighted by Gasteiger charge is -2.38. The van der Waals surface area contributed by atoms with Crippen LogP contribution in [0.25, 0.3) is 0 Å². The zero-order chi connectivity index (χ0) is 13.0. The van der Waals surface area contributed by atoms with Crippen LogP contribution in [0.4, 0.5) is 0 Å². The van der Waals surface area contributed by atoms with Crippen LogP contribution >= 0.6 is 0 Å². The van der Waals surface area contributed by atoms with E-state index in [4.69, 9.17) is 0 Å². The predicted molar refractivity (Wildman–Crippen MR) is 70.3 cm³/mol. The highest BCUT2D eigenvalue weighted by molar-refractivity contribution is 5.81. The maximum absolute atomic E-state index is 12.4. The van der Waals surface area contributed by atoms with Crippen molar-refractivity contribution in [3.05, 3.63) is 0 Å². The van der Waals surface area contributed by atoms with Crippen LogP contribution in [0.3, 0.4) is 0 Å². The number of hydrogen-bond donors (Lipinski definition) is 2. The van der Waals surface area contributed by atoms with Crippen LogP contribution in [0, 0.1) is 5.92 Å². The summed E-state index contributed by atoms with van der Waals surface area (Å²) in [7, 11) is 0. The molecule has 2 saturated heterocycles. The van der Waals surface area contributed by atoms with Gasteiger partial charge in [0, 0.05) is 45.9 Å². The Kier molecular flexibility index (Phi) is 4.97. The third kappa shape index (κ3) is 3.22. The molecule has 0 aliphatic carbocycles. The summed E-state index contributed by atoms with van der Waals surface area (Å²) in [4.78, 5) is 16.6. The zero-order valence-electron chi connectivity index (χ0n) is 11.3. The van der Waals surface area contributed by atoms with Gasteiger partial charge in [-0.1, -0.05) is 0 Å². The Morgan fingerprint density at radius 1 is 1.39 bits per heavy atom. The van der Waals surface area contributed by atoms with E-state index in [0.29, 0.717) is 0 Å². The lowest BCUT2D eigenvalue weighted by atomic mass is 9.98. The summed E-state index contributed by atoms with van der Waals surface area (Å²) in [5.74, 6) is 0.507. The number of nitrogens with zero attached hydrogens (tertiary/aromatic N) is 2. The summed E-state index contributed by atoms with van der Waals surface area (Å²) in [6.07, 6.45) is 2.06. The third-order valence-corrected chi connectivity index (χ3v) is 4.15. The fourth-order valence-corrected chi connectivity index (χ4v) is 2.90. The first kappa shape index (κ1) is 13.8. The van der Waals surface area contributed by atoms with Gasteiger partial charge in [-0.15, -0.1) is 0 Å². The fraction of sp³-hybridized carbons (Fsp3) is 0.923. The molecule has 104 valence electrons. The van der Waals surface area contributed by atoms with Gasteiger partial charge in [0.1, 0.15) is 0 Å². The van der Waals surface area contributed by atoms with Gasteiger partial charge in [-0.3, -0.25) is 9.69 Å². The van der Waals surface area contributed by atoms with E-state index < -0.39 is 0 Å². The van der Waals surface area contributed by atoms with E-state index in [0.717, 1.165) is 52.1 Å². The van der Waals surface area contributed by atoms with Crippen molar-refractivity contribution in [3.63, 3.8) is 0 Å². The van der Waals surface area contributed by atoms with Crippen LogP contribution in [0.1, 0.15) is 19.8 Å². The summed E-state index contributed by atoms with van der Waals surface area (Å²) in [5.41, 5.74) is 0. The smallest absolute Gasteiger partial charge is 0.239 e. The van der Waals surface area contributed by atoms with E-state index >= 15 is 0 Å². The molecular weight excluding hydrogens is 230 g/mol. The predicted octanol–water partition coefficient (Wildman–Crippen LogP) is -0.489. The summed E-state index contributed by atoms with van der Waals surface area (Å²) in [5, 5.41) is 12.5. The molecule has 0 spiro atoms. The minimum atomic E-state index is -0.0236. The minimum Gasteiger partial charge on any atom is -0.396 e. The van der Waals surface area contributed by atoms with E-state index in [1.165, 1.54) is 0 Å². The first-order valence-corrected chi connectivity index (χ1v) is 7.06. The monoisotopic (exact) mass is 255 g/mol. The van der Waals surface area contributed by atoms with Crippen molar-refractivity contribution in [1.29, 1.82) is 0 Å². The number of carbonyl (C=O) groups excluding carboxylic acids is 1. The number of aliphatic hydroxyl groups excluding tert-OH is 1. The third-order valence-electron chi connectivity index (χ3n) is 4.15. The van der Waals surface area contributed by atoms with Gasteiger partial charge in [-0.05, 0) is 25.7 Å². The molecule has 5 nitrogen and oxygen atoms in total. The van der Waals surface area contributed by atoms with Gasteiger partial charge in [0.05, 0.1) is 6.04 Å². The molecule has 0 bridgehead atoms. The Labute approximate surface area is 109 Å². The lowest BCUT2D eigenvalue weighted by Crippen LogP contribution is -2.55. The van der Waals surface area contributed by atoms with Crippen LogP contribution in [0.15, 0.2) is 0 Å². The summed E-state index contributed by atoms with van der Waals surface area (Å²) < 4.78 is 0. The number of rotatable bonds is 3. The molecule has 0 saturated carbocycles. The Bertz CT molecular complexity index is 275. The van der Waals surface area contributed by atoms with Gasteiger partial charge < -0.3 is 15.3 Å². The molecule has 2 atom stereocenters. The van der Waals surface area contributed by atoms with Gasteiger partial charge in [-0.25, -0.2) is 0 Å². The van der Waals surface area contributed by atoms with E-state index in [1.807, 2.05) is 11.8 Å². The standard InChI is InChI=1S/C13H25N3O2/c1-11(15-7-4-14-5-8-15)13(18)16-6-2-3-12(9-16)10-17/h11-12,14,17H,2-10H2,1H3. The number of carbonyl (C=O) groups is 1. The number of likely N-dealkylation sites (tertiary alicyclic amines) is 1. The summed E-state index contributed by atoms with van der Waals surface area (Å²) in [6.45, 7) is 7.63. The van der Waals surface area contributed by atoms with E-state index in [9.17, 15) is 9.90 Å². The average molecular weight is 255 g/mol. The highest BCUT2D eigenvalue weighted by Crippen LogP contribution is 2.17. The van der Waals surface area contributed by atoms with Gasteiger partial charge in [0.2, 0.25) is 5.91 Å². The van der Waals surface area contributed by atoms with Crippen molar-refractivity contribution in [1.82, 2.24) is 15.1 Å². The van der Waals surface area contributed by atoms with E-state index in [-0.39, 0.29) is 24.5 Å². The number of nitrogens with one attached hydrogen (secondary N) is 1. The highest BCUT2D eigenvalue weighted by Gasteiger charge is 2.29. The molecule has 0 aromatic rings. The average Bonchev–Trinajstić information content (AvgIpc) is 2.46. The van der Waals surface area contributed by atoms with Gasteiger partial charge in [0.25, 0.3) is 0 Å². The lowest BCUT2D eigenvalue weighted by molar-refractivity contribution is -0.138. The molecule has 1 amide bonds. The van der Waals surface area contributed by atoms with Gasteiger partial charge in [-0.2, -0.15) is 0 Å². The van der Waals surface area contributed by atoms with Crippen LogP contribution in [0.2, 0.25) is 0 Å². The molecule has 0 aromatic carbocycles. The molecule has 2 N–H and O–H groups in total. The van der Waals surface area contributed by atoms with Crippen molar-refractivity contribution in [2.45, 2.75) is 25.8 Å². The Morgan fingerprint density at radius 2 is 2.11 bits per heavy atom. The second kappa shape index (κ2) is 6.50.